The van der Waals surface area contributed by atoms with Crippen LogP contribution >= 0.6 is 0 Å². The Hall–Kier alpha value is -3.14. The molecule has 1 aromatic carbocycles. The molecular weight excluding hydrogens is 494 g/mol. The molecule has 2 amide bonds. The van der Waals surface area contributed by atoms with Gasteiger partial charge in [-0.15, -0.1) is 0 Å². The molecule has 0 saturated heterocycles. The van der Waals surface area contributed by atoms with Crippen LogP contribution < -0.4 is 10.0 Å². The number of carboxylic acids is 1. The van der Waals surface area contributed by atoms with E-state index in [4.69, 9.17) is 0 Å². The summed E-state index contributed by atoms with van der Waals surface area (Å²) in [6.45, 7) is 9.09. The normalized spacial score (nSPS) is 13.8. The lowest BCUT2D eigenvalue weighted by molar-refractivity contribution is -0.134. The van der Waals surface area contributed by atoms with Crippen molar-refractivity contribution in [2.24, 2.45) is 11.8 Å². The average molecular weight is 534 g/mol. The molecule has 10 heteroatoms. The molecule has 2 rings (SSSR count). The Morgan fingerprint density at radius 2 is 1.70 bits per heavy atom. The fourth-order valence-corrected chi connectivity index (χ4v) is 4.93. The fourth-order valence-electron chi connectivity index (χ4n) is 3.94. The third-order valence-electron chi connectivity index (χ3n) is 6.43. The van der Waals surface area contributed by atoms with Crippen LogP contribution in [0.5, 0.6) is 0 Å². The summed E-state index contributed by atoms with van der Waals surface area (Å²) in [5.74, 6) is -1.17. The number of carbonyl (C=O) groups is 3. The maximum Gasteiger partial charge on any atom is 0.352 e. The Balaban J connectivity index is 2.00. The number of allylic oxidation sites excluding steroid dienone is 2. The summed E-state index contributed by atoms with van der Waals surface area (Å²) in [6, 6.07) is 6.14. The largest absolute Gasteiger partial charge is 0.477 e. The summed E-state index contributed by atoms with van der Waals surface area (Å²) in [5.41, 5.74) is 1.11. The lowest BCUT2D eigenvalue weighted by atomic mass is 10.0. The van der Waals surface area contributed by atoms with Gasteiger partial charge in [-0.05, 0) is 54.5 Å². The fraction of sp³-hybridized carbons (Fsp3) is 0.519. The number of amides is 2. The standard InChI is InChI=1S/C27H39N3O6S/c1-5-20(6-2)17-30-18-22(10-13-24(30)27(33)34)26(32)29-37(35,36)23-11-8-21(9-12-23)15-16-28-25(31)14-7-19(3)4/h8-13,19-20H,5-7,14-18H2,1-4H3,(H,28,31)(H,29,32)(H,33,34). The third kappa shape index (κ3) is 9.35. The highest BCUT2D eigenvalue weighted by atomic mass is 32.2. The number of carboxylic acid groups (broad SMARTS) is 1. The number of carbonyl (C=O) groups excluding carboxylic acids is 2. The minimum Gasteiger partial charge on any atom is -0.477 e. The third-order valence-corrected chi connectivity index (χ3v) is 7.78. The molecule has 0 bridgehead atoms. The lowest BCUT2D eigenvalue weighted by Crippen LogP contribution is -2.40. The van der Waals surface area contributed by atoms with Crippen molar-refractivity contribution in [3.63, 3.8) is 0 Å². The Bertz CT molecular complexity index is 1120. The van der Waals surface area contributed by atoms with Gasteiger partial charge in [0, 0.05) is 31.6 Å². The van der Waals surface area contributed by atoms with E-state index in [1.807, 2.05) is 13.8 Å². The van der Waals surface area contributed by atoms with Crippen LogP contribution in [0.4, 0.5) is 0 Å². The van der Waals surface area contributed by atoms with Gasteiger partial charge >= 0.3 is 5.97 Å². The molecule has 9 nitrogen and oxygen atoms in total. The van der Waals surface area contributed by atoms with Crippen molar-refractivity contribution >= 4 is 27.8 Å². The first-order chi connectivity index (χ1) is 17.5. The SMILES string of the molecule is CCC(CC)CN1CC(C(=O)NS(=O)(=O)c2ccc(CCNC(=O)CCC(C)C)cc2)=CC=C1C(=O)O. The zero-order valence-corrected chi connectivity index (χ0v) is 22.9. The number of nitrogens with zero attached hydrogens (tertiary/aromatic N) is 1. The molecule has 37 heavy (non-hydrogen) atoms. The van der Waals surface area contributed by atoms with Gasteiger partial charge in [0.25, 0.3) is 15.9 Å². The first-order valence-electron chi connectivity index (χ1n) is 12.8. The van der Waals surface area contributed by atoms with Crippen LogP contribution in [0, 0.1) is 11.8 Å². The monoisotopic (exact) mass is 533 g/mol. The van der Waals surface area contributed by atoms with Gasteiger partial charge < -0.3 is 15.3 Å². The number of hydrogen-bond acceptors (Lipinski definition) is 6. The topological polar surface area (TPSA) is 133 Å². The molecule has 204 valence electrons. The molecular formula is C27H39N3O6S. The van der Waals surface area contributed by atoms with Crippen molar-refractivity contribution in [2.45, 2.75) is 64.7 Å². The summed E-state index contributed by atoms with van der Waals surface area (Å²) >= 11 is 0. The smallest absolute Gasteiger partial charge is 0.352 e. The van der Waals surface area contributed by atoms with Gasteiger partial charge in [-0.1, -0.05) is 52.7 Å². The van der Waals surface area contributed by atoms with Gasteiger partial charge in [0.2, 0.25) is 5.91 Å². The van der Waals surface area contributed by atoms with Gasteiger partial charge in [-0.2, -0.15) is 0 Å². The Labute approximate surface area is 220 Å². The van der Waals surface area contributed by atoms with E-state index in [1.54, 1.807) is 17.0 Å². The molecule has 1 heterocycles. The summed E-state index contributed by atoms with van der Waals surface area (Å²) in [5, 5.41) is 12.4. The van der Waals surface area contributed by atoms with Crippen LogP contribution in [0.3, 0.4) is 0 Å². The summed E-state index contributed by atoms with van der Waals surface area (Å²) in [7, 11) is -4.12. The van der Waals surface area contributed by atoms with E-state index < -0.39 is 21.9 Å². The van der Waals surface area contributed by atoms with Crippen molar-refractivity contribution < 1.29 is 27.9 Å². The molecule has 0 aromatic heterocycles. The average Bonchev–Trinajstić information content (AvgIpc) is 2.85. The van der Waals surface area contributed by atoms with Crippen molar-refractivity contribution in [3.8, 4) is 0 Å². The van der Waals surface area contributed by atoms with Crippen LogP contribution in [0.25, 0.3) is 0 Å². The molecule has 1 aliphatic rings. The molecule has 0 radical (unpaired) electrons. The zero-order chi connectivity index (χ0) is 27.6. The second-order valence-corrected chi connectivity index (χ2v) is 11.4. The first-order valence-corrected chi connectivity index (χ1v) is 14.3. The summed E-state index contributed by atoms with van der Waals surface area (Å²) < 4.78 is 27.7. The Kier molecular flexibility index (Phi) is 11.4. The van der Waals surface area contributed by atoms with Gasteiger partial charge in [-0.25, -0.2) is 17.9 Å². The number of benzene rings is 1. The van der Waals surface area contributed by atoms with E-state index in [9.17, 15) is 27.9 Å². The molecule has 0 unspecified atom stereocenters. The van der Waals surface area contributed by atoms with E-state index in [1.165, 1.54) is 24.3 Å². The predicted octanol–water partition coefficient (Wildman–Crippen LogP) is 3.23. The second kappa shape index (κ2) is 14.0. The Morgan fingerprint density at radius 3 is 2.27 bits per heavy atom. The summed E-state index contributed by atoms with van der Waals surface area (Å²) in [6.07, 6.45) is 6.28. The Morgan fingerprint density at radius 1 is 1.05 bits per heavy atom. The van der Waals surface area contributed by atoms with Crippen LogP contribution in [0.1, 0.15) is 58.9 Å². The van der Waals surface area contributed by atoms with Crippen molar-refractivity contribution in [1.29, 1.82) is 0 Å². The van der Waals surface area contributed by atoms with E-state index >= 15 is 0 Å². The van der Waals surface area contributed by atoms with E-state index in [0.717, 1.165) is 24.8 Å². The predicted molar refractivity (Wildman–Crippen MR) is 142 cm³/mol. The molecule has 0 atom stereocenters. The maximum absolute atomic E-state index is 12.8. The van der Waals surface area contributed by atoms with Crippen molar-refractivity contribution in [3.05, 3.63) is 53.3 Å². The van der Waals surface area contributed by atoms with Gasteiger partial charge in [0.15, 0.2) is 0 Å². The van der Waals surface area contributed by atoms with Crippen LogP contribution in [0.15, 0.2) is 52.6 Å². The van der Waals surface area contributed by atoms with Crippen LogP contribution in [0.2, 0.25) is 0 Å². The number of sulfonamides is 1. The van der Waals surface area contributed by atoms with E-state index in [2.05, 4.69) is 23.9 Å². The minimum absolute atomic E-state index is 0.00331. The maximum atomic E-state index is 12.8. The number of aliphatic carboxylic acids is 1. The van der Waals surface area contributed by atoms with E-state index in [-0.39, 0.29) is 34.5 Å². The van der Waals surface area contributed by atoms with Crippen molar-refractivity contribution in [1.82, 2.24) is 14.9 Å². The van der Waals surface area contributed by atoms with Crippen LogP contribution in [-0.2, 0) is 30.8 Å². The van der Waals surface area contributed by atoms with Gasteiger partial charge in [0.1, 0.15) is 5.70 Å². The molecule has 3 N–H and O–H groups in total. The number of hydrogen-bond donors (Lipinski definition) is 3. The van der Waals surface area contributed by atoms with Gasteiger partial charge in [-0.3, -0.25) is 9.59 Å². The molecule has 1 aliphatic heterocycles. The quantitative estimate of drug-likeness (QED) is 0.334. The second-order valence-electron chi connectivity index (χ2n) is 9.72. The minimum atomic E-state index is -4.12. The molecule has 0 aliphatic carbocycles. The summed E-state index contributed by atoms with van der Waals surface area (Å²) in [4.78, 5) is 37.8. The number of nitrogens with one attached hydrogen (secondary N) is 2. The highest BCUT2D eigenvalue weighted by molar-refractivity contribution is 7.90. The highest BCUT2D eigenvalue weighted by Crippen LogP contribution is 2.21. The first kappa shape index (κ1) is 30.1. The zero-order valence-electron chi connectivity index (χ0n) is 22.1. The lowest BCUT2D eigenvalue weighted by Gasteiger charge is -2.31. The van der Waals surface area contributed by atoms with Crippen molar-refractivity contribution in [2.75, 3.05) is 19.6 Å². The molecule has 0 saturated carbocycles. The molecule has 1 aromatic rings. The highest BCUT2D eigenvalue weighted by Gasteiger charge is 2.27. The van der Waals surface area contributed by atoms with Crippen LogP contribution in [-0.4, -0.2) is 55.8 Å². The van der Waals surface area contributed by atoms with Gasteiger partial charge in [0.05, 0.1) is 4.90 Å². The number of rotatable bonds is 14. The van der Waals surface area contributed by atoms with E-state index in [0.29, 0.717) is 31.8 Å². The molecule has 0 fully saturated rings. The molecule has 0 spiro atoms.